The molecule has 3 aromatic heterocycles. The van der Waals surface area contributed by atoms with Gasteiger partial charge in [0.2, 0.25) is 29.7 Å². The molecule has 5 heterocycles. The van der Waals surface area contributed by atoms with E-state index in [-0.39, 0.29) is 44.0 Å². The Morgan fingerprint density at radius 1 is 0.682 bits per heavy atom. The monoisotopic (exact) mass is 949 g/mol. The van der Waals surface area contributed by atoms with Crippen LogP contribution >= 0.6 is 12.4 Å². The second-order valence-corrected chi connectivity index (χ2v) is 15.7. The third-order valence-electron chi connectivity index (χ3n) is 11.1. The number of terminal acetylenes is 1. The maximum absolute atomic E-state index is 14.0. The number of piperazine rings is 2. The van der Waals surface area contributed by atoms with Crippen molar-refractivity contribution < 1.29 is 34.0 Å². The zero-order chi connectivity index (χ0) is 46.4. The molecule has 368 valence electrons. The van der Waals surface area contributed by atoms with Gasteiger partial charge < -0.3 is 72.3 Å². The summed E-state index contributed by atoms with van der Waals surface area (Å²) in [4.78, 5) is 50.3. The minimum absolute atomic E-state index is 0. The molecule has 2 aliphatic heterocycles. The predicted molar refractivity (Wildman–Crippen MR) is 246 cm³/mol. The highest BCUT2D eigenvalue weighted by Crippen LogP contribution is 2.25. The van der Waals surface area contributed by atoms with Crippen LogP contribution in [0.2, 0.25) is 0 Å². The molecule has 25 nitrogen and oxygen atoms in total. The number of aliphatic hydroxyl groups is 2. The molecule has 26 heteroatoms. The molecule has 2 saturated heterocycles. The number of carbonyl (C=O) groups excluding carboxylic acids is 2. The second kappa shape index (κ2) is 29.0. The fraction of sp³-hybridized carbons (Fsp3) is 0.725. The molecule has 2 fully saturated rings. The van der Waals surface area contributed by atoms with Gasteiger partial charge in [-0.3, -0.25) is 9.59 Å². The third kappa shape index (κ3) is 15.9. The van der Waals surface area contributed by atoms with E-state index in [0.29, 0.717) is 147 Å². The average Bonchev–Trinajstić information content (AvgIpc) is 4.04. The van der Waals surface area contributed by atoms with Gasteiger partial charge in [-0.15, -0.1) is 29.0 Å². The minimum Gasteiger partial charge on any atom is -0.394 e. The Morgan fingerprint density at radius 3 is 1.55 bits per heavy atom. The Bertz CT molecular complexity index is 1790. The van der Waals surface area contributed by atoms with E-state index in [0.717, 1.165) is 25.7 Å². The first-order valence-electron chi connectivity index (χ1n) is 22.4. The highest BCUT2D eigenvalue weighted by Gasteiger charge is 2.33. The number of amides is 2. The average molecular weight is 950 g/mol. The van der Waals surface area contributed by atoms with Crippen LogP contribution in [0, 0.1) is 12.3 Å². The lowest BCUT2D eigenvalue weighted by molar-refractivity contribution is -0.136. The van der Waals surface area contributed by atoms with E-state index in [2.05, 4.69) is 31.9 Å². The van der Waals surface area contributed by atoms with Gasteiger partial charge in [-0.25, -0.2) is 9.36 Å². The molecule has 66 heavy (non-hydrogen) atoms. The number of aromatic nitrogens is 9. The van der Waals surface area contributed by atoms with E-state index in [1.54, 1.807) is 12.4 Å². The largest absolute Gasteiger partial charge is 0.394 e. The van der Waals surface area contributed by atoms with Crippen molar-refractivity contribution in [2.24, 2.45) is 22.9 Å². The number of aliphatic hydroxyl groups excluding tert-OH is 2. The van der Waals surface area contributed by atoms with E-state index in [4.69, 9.17) is 58.5 Å². The Hall–Kier alpha value is -4.88. The van der Waals surface area contributed by atoms with Gasteiger partial charge in [0.05, 0.1) is 70.7 Å². The van der Waals surface area contributed by atoms with Crippen LogP contribution < -0.4 is 38.1 Å². The standard InChI is InChI=1S/C40H68N18O7.ClH/c1-2-20-63-22-24-65-25-23-64-21-11-45-38-46-39(55-16-12-53(13-17-55)36(61)34(7-3-5-9-41)57-26-32(49-51-57)30(43)28-59)48-40(47-38)56-18-14-54(15-19-56)37(62)35(8-4-6-10-42)58-27-33(50-52-58)31(44)29-60;/h1,26-27,30-31,34-35,59-60H,3-25,28-29,41-44H2,(H,45,46,47,48);1H/t30-,31-,34-,35-;/m0./s1. The van der Waals surface area contributed by atoms with E-state index < -0.39 is 24.2 Å². The number of nitrogens with two attached hydrogens (primary N) is 4. The van der Waals surface area contributed by atoms with Crippen molar-refractivity contribution in [3.63, 3.8) is 0 Å². The van der Waals surface area contributed by atoms with Crippen LogP contribution in [0.4, 0.5) is 17.8 Å². The number of nitrogens with one attached hydrogen (secondary N) is 1. The highest BCUT2D eigenvalue weighted by atomic mass is 35.5. The van der Waals surface area contributed by atoms with Crippen LogP contribution in [0.5, 0.6) is 0 Å². The number of unbranched alkanes of at least 4 members (excludes halogenated alkanes) is 2. The summed E-state index contributed by atoms with van der Waals surface area (Å²) >= 11 is 0. The fourth-order valence-corrected chi connectivity index (χ4v) is 7.31. The normalized spacial score (nSPS) is 16.1. The molecule has 5 rings (SSSR count). The van der Waals surface area contributed by atoms with E-state index in [9.17, 15) is 19.8 Å². The molecule has 0 bridgehead atoms. The van der Waals surface area contributed by atoms with Crippen LogP contribution in [-0.2, 0) is 23.8 Å². The molecular weight excluding hydrogens is 880 g/mol. The fourth-order valence-electron chi connectivity index (χ4n) is 7.31. The van der Waals surface area contributed by atoms with E-state index in [1.807, 2.05) is 19.6 Å². The number of carbonyl (C=O) groups is 2. The van der Waals surface area contributed by atoms with Gasteiger partial charge in [0.25, 0.3) is 0 Å². The summed E-state index contributed by atoms with van der Waals surface area (Å²) in [6, 6.07) is -2.61. The molecule has 0 aliphatic carbocycles. The topological polar surface area (TPSA) is 331 Å². The summed E-state index contributed by atoms with van der Waals surface area (Å²) in [6.07, 6.45) is 12.4. The number of anilines is 3. The van der Waals surface area contributed by atoms with E-state index in [1.165, 1.54) is 9.36 Å². The van der Waals surface area contributed by atoms with E-state index >= 15 is 0 Å². The van der Waals surface area contributed by atoms with Crippen LogP contribution in [0.15, 0.2) is 12.4 Å². The van der Waals surface area contributed by atoms with Gasteiger partial charge in [-0.1, -0.05) is 16.3 Å². The second-order valence-electron chi connectivity index (χ2n) is 15.7. The Kier molecular flexibility index (Phi) is 23.6. The van der Waals surface area contributed by atoms with Gasteiger partial charge in [-0.05, 0) is 51.6 Å². The number of halogens is 1. The van der Waals surface area contributed by atoms with Crippen LogP contribution in [-0.4, -0.2) is 202 Å². The van der Waals surface area contributed by atoms with Crippen molar-refractivity contribution in [3.8, 4) is 12.3 Å². The summed E-state index contributed by atoms with van der Waals surface area (Å²) in [5, 5.41) is 39.0. The SMILES string of the molecule is C#CCOCCOCCOCCNc1nc(N2CCN(C(=O)[C@H](CCCCN)n3cc([C@@H](N)CO)nn3)CC2)nc(N2CCN(C(=O)[C@H](CCCCN)n3cc([C@@H](N)CO)nn3)CC2)n1.Cl. The molecule has 2 aliphatic rings. The van der Waals surface area contributed by atoms with Crippen LogP contribution in [0.3, 0.4) is 0 Å². The van der Waals surface area contributed by atoms with Gasteiger partial charge in [-0.2, -0.15) is 15.0 Å². The first kappa shape index (κ1) is 53.7. The van der Waals surface area contributed by atoms with Gasteiger partial charge in [0.1, 0.15) is 30.1 Å². The quantitative estimate of drug-likeness (QED) is 0.0282. The summed E-state index contributed by atoms with van der Waals surface area (Å²) in [6.45, 7) is 6.54. The molecule has 0 aromatic carbocycles. The maximum Gasteiger partial charge on any atom is 0.247 e. The molecule has 2 amide bonds. The minimum atomic E-state index is -0.701. The zero-order valence-corrected chi connectivity index (χ0v) is 38.5. The molecule has 3 aromatic rings. The molecule has 0 spiro atoms. The molecule has 0 saturated carbocycles. The lowest BCUT2D eigenvalue weighted by atomic mass is 10.1. The summed E-state index contributed by atoms with van der Waals surface area (Å²) in [7, 11) is 0. The summed E-state index contributed by atoms with van der Waals surface area (Å²) in [5.74, 6) is 3.49. The first-order valence-corrected chi connectivity index (χ1v) is 22.4. The predicted octanol–water partition coefficient (Wildman–Crippen LogP) is -2.41. The molecule has 4 atom stereocenters. The zero-order valence-electron chi connectivity index (χ0n) is 37.7. The molecular formula is C40H69ClN18O7. The number of nitrogens with zero attached hydrogens (tertiary/aromatic N) is 13. The van der Waals surface area contributed by atoms with Crippen molar-refractivity contribution in [2.45, 2.75) is 62.7 Å². The van der Waals surface area contributed by atoms with Gasteiger partial charge in [0, 0.05) is 58.9 Å². The molecule has 0 radical (unpaired) electrons. The van der Waals surface area contributed by atoms with Crippen molar-refractivity contribution in [1.82, 2.24) is 54.7 Å². The Balaban J connectivity index is 0.00000952. The number of hydrogen-bond donors (Lipinski definition) is 7. The first-order chi connectivity index (χ1) is 31.7. The number of hydrogen-bond acceptors (Lipinski definition) is 21. The van der Waals surface area contributed by atoms with Crippen molar-refractivity contribution in [3.05, 3.63) is 23.8 Å². The van der Waals surface area contributed by atoms with Crippen LogP contribution in [0.25, 0.3) is 0 Å². The highest BCUT2D eigenvalue weighted by molar-refractivity contribution is 5.85. The van der Waals surface area contributed by atoms with Gasteiger partial charge in [0.15, 0.2) is 0 Å². The Morgan fingerprint density at radius 2 is 1.12 bits per heavy atom. The molecule has 11 N–H and O–H groups in total. The van der Waals surface area contributed by atoms with Gasteiger partial charge >= 0.3 is 0 Å². The lowest BCUT2D eigenvalue weighted by Gasteiger charge is -2.38. The lowest BCUT2D eigenvalue weighted by Crippen LogP contribution is -2.52. The third-order valence-corrected chi connectivity index (χ3v) is 11.1. The number of rotatable bonds is 29. The smallest absolute Gasteiger partial charge is 0.247 e. The van der Waals surface area contributed by atoms with Crippen molar-refractivity contribution in [1.29, 1.82) is 0 Å². The van der Waals surface area contributed by atoms with Crippen LogP contribution in [0.1, 0.15) is 74.1 Å². The summed E-state index contributed by atoms with van der Waals surface area (Å²) in [5.41, 5.74) is 24.3. The molecule has 0 unspecified atom stereocenters. The Labute approximate surface area is 391 Å². The number of ether oxygens (including phenoxy) is 3. The maximum atomic E-state index is 14.0. The summed E-state index contributed by atoms with van der Waals surface area (Å²) < 4.78 is 19.6. The van der Waals surface area contributed by atoms with Crippen molar-refractivity contribution in [2.75, 3.05) is 140 Å². The van der Waals surface area contributed by atoms with Crippen molar-refractivity contribution >= 4 is 42.1 Å².